The molecule has 7 nitrogen and oxygen atoms in total. The van der Waals surface area contributed by atoms with Crippen molar-refractivity contribution in [3.8, 4) is 0 Å². The highest BCUT2D eigenvalue weighted by Gasteiger charge is 2.34. The Morgan fingerprint density at radius 3 is 2.31 bits per heavy atom. The third-order valence-electron chi connectivity index (χ3n) is 6.10. The molecule has 0 saturated carbocycles. The predicted molar refractivity (Wildman–Crippen MR) is 152 cm³/mol. The molecule has 0 fully saturated rings. The van der Waals surface area contributed by atoms with Crippen LogP contribution in [0, 0.1) is 12.7 Å². The minimum atomic E-state index is -4.31. The van der Waals surface area contributed by atoms with Gasteiger partial charge in [-0.2, -0.15) is 0 Å². The molecular formula is C28H30Cl2FN3O4S. The number of carbonyl (C=O) groups excluding carboxylic acids is 2. The number of hydrogen-bond acceptors (Lipinski definition) is 4. The minimum Gasteiger partial charge on any atom is -0.354 e. The Bertz CT molecular complexity index is 1430. The molecule has 1 unspecified atom stereocenters. The summed E-state index contributed by atoms with van der Waals surface area (Å²) < 4.78 is 43.1. The Morgan fingerprint density at radius 1 is 1.00 bits per heavy atom. The Kier molecular flexibility index (Phi) is 10.4. The first kappa shape index (κ1) is 30.4. The van der Waals surface area contributed by atoms with Crippen molar-refractivity contribution in [2.24, 2.45) is 0 Å². The van der Waals surface area contributed by atoms with E-state index in [0.29, 0.717) is 13.0 Å². The number of rotatable bonds is 11. The summed E-state index contributed by atoms with van der Waals surface area (Å²) in [6.45, 7) is 4.63. The Hall–Kier alpha value is -3.14. The van der Waals surface area contributed by atoms with E-state index in [0.717, 1.165) is 14.8 Å². The van der Waals surface area contributed by atoms with Gasteiger partial charge in [0.2, 0.25) is 11.8 Å². The number of benzene rings is 3. The number of halogens is 3. The fourth-order valence-electron chi connectivity index (χ4n) is 3.82. The van der Waals surface area contributed by atoms with Gasteiger partial charge < -0.3 is 10.2 Å². The van der Waals surface area contributed by atoms with Crippen LogP contribution >= 0.6 is 23.2 Å². The standard InChI is InChI=1S/C28H30Cl2FN3O4S/c1-4-16-32-28(36)20(3)33(17-21-8-5-6-10-24(21)31)26(35)18-34(25-11-7-9-23(29)27(25)30)39(37,38)22-14-12-19(2)13-15-22/h5-15,20H,4,16-18H2,1-3H3,(H,32,36). The van der Waals surface area contributed by atoms with E-state index in [4.69, 9.17) is 23.2 Å². The van der Waals surface area contributed by atoms with E-state index in [1.807, 2.05) is 13.8 Å². The number of hydrogen-bond donors (Lipinski definition) is 1. The van der Waals surface area contributed by atoms with Gasteiger partial charge in [0.25, 0.3) is 10.0 Å². The van der Waals surface area contributed by atoms with Crippen LogP contribution < -0.4 is 9.62 Å². The fraction of sp³-hybridized carbons (Fsp3) is 0.286. The zero-order chi connectivity index (χ0) is 28.7. The van der Waals surface area contributed by atoms with E-state index in [1.165, 1.54) is 55.5 Å². The van der Waals surface area contributed by atoms with Gasteiger partial charge in [-0.05, 0) is 50.6 Å². The monoisotopic (exact) mass is 593 g/mol. The molecule has 11 heteroatoms. The van der Waals surface area contributed by atoms with Crippen LogP contribution in [-0.4, -0.2) is 44.3 Å². The van der Waals surface area contributed by atoms with Crippen LogP contribution in [0.4, 0.5) is 10.1 Å². The normalized spacial score (nSPS) is 12.1. The maximum Gasteiger partial charge on any atom is 0.264 e. The SMILES string of the molecule is CCCNC(=O)C(C)N(Cc1ccccc1F)C(=O)CN(c1cccc(Cl)c1Cl)S(=O)(=O)c1ccc(C)cc1. The third kappa shape index (κ3) is 7.29. The van der Waals surface area contributed by atoms with Gasteiger partial charge in [-0.3, -0.25) is 13.9 Å². The van der Waals surface area contributed by atoms with Crippen molar-refractivity contribution in [1.82, 2.24) is 10.2 Å². The topological polar surface area (TPSA) is 86.8 Å². The zero-order valence-corrected chi connectivity index (χ0v) is 24.2. The summed E-state index contributed by atoms with van der Waals surface area (Å²) >= 11 is 12.6. The molecule has 0 aliphatic carbocycles. The second-order valence-corrected chi connectivity index (χ2v) is 11.6. The van der Waals surface area contributed by atoms with E-state index in [2.05, 4.69) is 5.32 Å². The predicted octanol–water partition coefficient (Wildman–Crippen LogP) is 5.58. The van der Waals surface area contributed by atoms with Gasteiger partial charge >= 0.3 is 0 Å². The molecule has 0 aliphatic rings. The molecular weight excluding hydrogens is 564 g/mol. The highest BCUT2D eigenvalue weighted by Crippen LogP contribution is 2.35. The van der Waals surface area contributed by atoms with Gasteiger partial charge in [-0.25, -0.2) is 12.8 Å². The lowest BCUT2D eigenvalue weighted by molar-refractivity contribution is -0.139. The smallest absolute Gasteiger partial charge is 0.264 e. The summed E-state index contributed by atoms with van der Waals surface area (Å²) in [6.07, 6.45) is 0.676. The van der Waals surface area contributed by atoms with Crippen molar-refractivity contribution >= 4 is 50.7 Å². The van der Waals surface area contributed by atoms with Gasteiger partial charge in [0.05, 0.1) is 20.6 Å². The van der Waals surface area contributed by atoms with Crippen LogP contribution in [0.3, 0.4) is 0 Å². The Labute approximate surface area is 238 Å². The van der Waals surface area contributed by atoms with Crippen molar-refractivity contribution in [2.75, 3.05) is 17.4 Å². The molecule has 3 aromatic rings. The van der Waals surface area contributed by atoms with E-state index >= 15 is 0 Å². The molecule has 2 amide bonds. The molecule has 1 atom stereocenters. The summed E-state index contributed by atoms with van der Waals surface area (Å²) in [4.78, 5) is 27.8. The van der Waals surface area contributed by atoms with Crippen LogP contribution in [0.25, 0.3) is 0 Å². The van der Waals surface area contributed by atoms with Crippen molar-refractivity contribution in [3.63, 3.8) is 0 Å². The average molecular weight is 595 g/mol. The highest BCUT2D eigenvalue weighted by atomic mass is 35.5. The molecule has 0 aliphatic heterocycles. The number of anilines is 1. The molecule has 0 aromatic heterocycles. The zero-order valence-electron chi connectivity index (χ0n) is 21.8. The molecule has 39 heavy (non-hydrogen) atoms. The number of carbonyl (C=O) groups is 2. The van der Waals surface area contributed by atoms with Crippen molar-refractivity contribution in [2.45, 2.75) is 44.7 Å². The summed E-state index contributed by atoms with van der Waals surface area (Å²) in [5.41, 5.74) is 1.02. The van der Waals surface area contributed by atoms with Crippen LogP contribution in [0.15, 0.2) is 71.6 Å². The van der Waals surface area contributed by atoms with Crippen molar-refractivity contribution in [3.05, 3.63) is 93.7 Å². The molecule has 1 N–H and O–H groups in total. The molecule has 3 rings (SSSR count). The molecule has 0 radical (unpaired) electrons. The van der Waals surface area contributed by atoms with E-state index in [9.17, 15) is 22.4 Å². The number of nitrogens with zero attached hydrogens (tertiary/aromatic N) is 2. The van der Waals surface area contributed by atoms with Crippen molar-refractivity contribution in [1.29, 1.82) is 0 Å². The minimum absolute atomic E-state index is 0.00739. The van der Waals surface area contributed by atoms with Crippen LogP contribution in [-0.2, 0) is 26.2 Å². The summed E-state index contributed by atoms with van der Waals surface area (Å²) in [7, 11) is -4.31. The van der Waals surface area contributed by atoms with Gasteiger partial charge in [-0.15, -0.1) is 0 Å². The van der Waals surface area contributed by atoms with Gasteiger partial charge in [0.15, 0.2) is 0 Å². The largest absolute Gasteiger partial charge is 0.354 e. The summed E-state index contributed by atoms with van der Waals surface area (Å²) in [5.74, 6) is -1.74. The number of sulfonamides is 1. The summed E-state index contributed by atoms with van der Waals surface area (Å²) in [6, 6.07) is 15.4. The summed E-state index contributed by atoms with van der Waals surface area (Å²) in [5, 5.41) is 2.77. The maximum atomic E-state index is 14.6. The Morgan fingerprint density at radius 2 is 1.67 bits per heavy atom. The van der Waals surface area contributed by atoms with E-state index < -0.39 is 40.2 Å². The van der Waals surface area contributed by atoms with Gasteiger partial charge in [-0.1, -0.05) is 72.1 Å². The number of nitrogens with one attached hydrogen (secondary N) is 1. The second-order valence-electron chi connectivity index (χ2n) is 8.98. The van der Waals surface area contributed by atoms with Crippen molar-refractivity contribution < 1.29 is 22.4 Å². The molecule has 0 saturated heterocycles. The molecule has 0 heterocycles. The van der Waals surface area contributed by atoms with Crippen LogP contribution in [0.5, 0.6) is 0 Å². The first-order chi connectivity index (χ1) is 18.5. The number of aryl methyl sites for hydroxylation is 1. The molecule has 0 spiro atoms. The van der Waals surface area contributed by atoms with Crippen LogP contribution in [0.1, 0.15) is 31.4 Å². The lowest BCUT2D eigenvalue weighted by atomic mass is 10.1. The average Bonchev–Trinajstić information content (AvgIpc) is 2.91. The van der Waals surface area contributed by atoms with E-state index in [-0.39, 0.29) is 32.7 Å². The molecule has 0 bridgehead atoms. The fourth-order valence-corrected chi connectivity index (χ4v) is 5.70. The maximum absolute atomic E-state index is 14.6. The van der Waals surface area contributed by atoms with Gasteiger partial charge in [0.1, 0.15) is 18.4 Å². The van der Waals surface area contributed by atoms with Crippen LogP contribution in [0.2, 0.25) is 10.0 Å². The lowest BCUT2D eigenvalue weighted by Crippen LogP contribution is -2.51. The Balaban J connectivity index is 2.07. The first-order valence-electron chi connectivity index (χ1n) is 12.3. The third-order valence-corrected chi connectivity index (χ3v) is 8.69. The second kappa shape index (κ2) is 13.3. The lowest BCUT2D eigenvalue weighted by Gasteiger charge is -2.32. The quantitative estimate of drug-likeness (QED) is 0.314. The highest BCUT2D eigenvalue weighted by molar-refractivity contribution is 7.92. The number of amides is 2. The van der Waals surface area contributed by atoms with E-state index in [1.54, 1.807) is 18.2 Å². The molecule has 3 aromatic carbocycles. The van der Waals surface area contributed by atoms with Gasteiger partial charge in [0, 0.05) is 18.7 Å². The molecule has 208 valence electrons. The first-order valence-corrected chi connectivity index (χ1v) is 14.5.